The van der Waals surface area contributed by atoms with E-state index in [-0.39, 0.29) is 12.5 Å². The summed E-state index contributed by atoms with van der Waals surface area (Å²) in [4.78, 5) is 10.8. The molecule has 0 spiro atoms. The van der Waals surface area contributed by atoms with Crippen molar-refractivity contribution in [2.75, 3.05) is 18.4 Å². The average molecular weight is 294 g/mol. The number of aliphatic carboxylic acids is 1. The Morgan fingerprint density at radius 1 is 1.60 bits per heavy atom. The molecule has 0 aromatic heterocycles. The van der Waals surface area contributed by atoms with Gasteiger partial charge in [0.15, 0.2) is 0 Å². The average Bonchev–Trinajstić information content (AvgIpc) is 2.38. The van der Waals surface area contributed by atoms with E-state index >= 15 is 0 Å². The highest BCUT2D eigenvalue weighted by Crippen LogP contribution is 2.21. The number of carboxylic acid groups (broad SMARTS) is 1. The molecule has 0 saturated heterocycles. The smallest absolute Gasteiger partial charge is 0.305 e. The molecule has 106 valence electrons. The van der Waals surface area contributed by atoms with E-state index in [0.717, 1.165) is 0 Å². The van der Waals surface area contributed by atoms with Crippen LogP contribution in [0.4, 0.5) is 5.69 Å². The van der Waals surface area contributed by atoms with E-state index in [1.54, 1.807) is 24.3 Å². The predicted molar refractivity (Wildman–Crippen MR) is 78.9 cm³/mol. The lowest BCUT2D eigenvalue weighted by Crippen LogP contribution is -2.35. The van der Waals surface area contributed by atoms with E-state index < -0.39 is 5.97 Å². The Balaban J connectivity index is 2.72. The second-order valence-corrected chi connectivity index (χ2v) is 4.60. The molecule has 3 N–H and O–H groups in total. The molecule has 6 heteroatoms. The van der Waals surface area contributed by atoms with Gasteiger partial charge in [-0.15, -0.1) is 6.58 Å². The lowest BCUT2D eigenvalue weighted by Gasteiger charge is -2.18. The maximum atomic E-state index is 10.8. The number of rotatable bonds is 8. The number of carboxylic acids is 1. The van der Waals surface area contributed by atoms with Gasteiger partial charge in [0.05, 0.1) is 17.0 Å². The molecule has 1 aromatic carbocycles. The van der Waals surface area contributed by atoms with Crippen molar-refractivity contribution in [1.82, 2.24) is 5.32 Å². The Morgan fingerprint density at radius 2 is 2.35 bits per heavy atom. The van der Waals surface area contributed by atoms with Crippen molar-refractivity contribution >= 4 is 23.3 Å². The van der Waals surface area contributed by atoms with Crippen molar-refractivity contribution in [1.29, 1.82) is 5.26 Å². The summed E-state index contributed by atoms with van der Waals surface area (Å²) in [7, 11) is 0. The zero-order chi connectivity index (χ0) is 15.0. The van der Waals surface area contributed by atoms with Gasteiger partial charge in [0.25, 0.3) is 0 Å². The summed E-state index contributed by atoms with van der Waals surface area (Å²) < 4.78 is 0. The summed E-state index contributed by atoms with van der Waals surface area (Å²) in [5, 5.41) is 24.2. The van der Waals surface area contributed by atoms with Crippen LogP contribution in [0.2, 0.25) is 5.02 Å². The number of nitrogens with zero attached hydrogens (tertiary/aromatic N) is 1. The molecule has 1 rings (SSSR count). The molecule has 0 amide bonds. The molecule has 0 fully saturated rings. The molecular formula is C14H16ClN3O2. The van der Waals surface area contributed by atoms with Gasteiger partial charge in [-0.2, -0.15) is 5.26 Å². The van der Waals surface area contributed by atoms with Crippen LogP contribution in [0.3, 0.4) is 0 Å². The predicted octanol–water partition coefficient (Wildman–Crippen LogP) is 2.24. The van der Waals surface area contributed by atoms with Crippen molar-refractivity contribution in [3.05, 3.63) is 41.4 Å². The molecule has 5 nitrogen and oxygen atoms in total. The lowest BCUT2D eigenvalue weighted by molar-refractivity contribution is -0.137. The molecule has 0 aliphatic rings. The van der Waals surface area contributed by atoms with Gasteiger partial charge in [0.1, 0.15) is 6.07 Å². The maximum Gasteiger partial charge on any atom is 0.305 e. The molecule has 0 saturated carbocycles. The van der Waals surface area contributed by atoms with E-state index in [9.17, 15) is 4.79 Å². The van der Waals surface area contributed by atoms with Crippen LogP contribution in [-0.4, -0.2) is 30.2 Å². The van der Waals surface area contributed by atoms with Crippen molar-refractivity contribution in [2.45, 2.75) is 12.5 Å². The molecular weight excluding hydrogens is 278 g/mol. The molecule has 1 aromatic rings. The number of hydrogen-bond donors (Lipinski definition) is 3. The summed E-state index contributed by atoms with van der Waals surface area (Å²) in [6.45, 7) is 4.67. The number of nitrogens with one attached hydrogen (secondary N) is 2. The maximum absolute atomic E-state index is 10.8. The SMILES string of the molecule is C=CCNC[C@H](CC(=O)O)Nc1ccc(C#N)c(Cl)c1. The Labute approximate surface area is 122 Å². The van der Waals surface area contributed by atoms with Crippen molar-refractivity contribution in [2.24, 2.45) is 0 Å². The van der Waals surface area contributed by atoms with Gasteiger partial charge in [0.2, 0.25) is 0 Å². The molecule has 0 unspecified atom stereocenters. The topological polar surface area (TPSA) is 85.2 Å². The first kappa shape index (κ1) is 16.0. The van der Waals surface area contributed by atoms with Gasteiger partial charge in [-0.05, 0) is 18.2 Å². The first-order valence-corrected chi connectivity index (χ1v) is 6.44. The Kier molecular flexibility index (Phi) is 6.57. The number of nitriles is 1. The fourth-order valence-corrected chi connectivity index (χ4v) is 1.90. The Hall–Kier alpha value is -2.03. The van der Waals surface area contributed by atoms with Crippen LogP contribution in [0.15, 0.2) is 30.9 Å². The minimum Gasteiger partial charge on any atom is -0.481 e. The molecule has 0 heterocycles. The highest BCUT2D eigenvalue weighted by molar-refractivity contribution is 6.32. The van der Waals surface area contributed by atoms with Gasteiger partial charge in [-0.25, -0.2) is 0 Å². The first-order chi connectivity index (χ1) is 9.56. The van der Waals surface area contributed by atoms with Crippen LogP contribution in [0.5, 0.6) is 0 Å². The third kappa shape index (κ3) is 5.31. The molecule has 0 aliphatic carbocycles. The molecule has 0 radical (unpaired) electrons. The van der Waals surface area contributed by atoms with Crippen molar-refractivity contribution in [3.8, 4) is 6.07 Å². The summed E-state index contributed by atoms with van der Waals surface area (Å²) in [5.41, 5.74) is 1.07. The standard InChI is InChI=1S/C14H16ClN3O2/c1-2-5-17-9-12(7-14(19)20)18-11-4-3-10(8-16)13(15)6-11/h2-4,6,12,17-18H,1,5,7,9H2,(H,19,20)/t12-/m0/s1. The second-order valence-electron chi connectivity index (χ2n) is 4.19. The van der Waals surface area contributed by atoms with Crippen molar-refractivity contribution < 1.29 is 9.90 Å². The number of halogens is 1. The number of hydrogen-bond acceptors (Lipinski definition) is 4. The molecule has 20 heavy (non-hydrogen) atoms. The molecule has 1 atom stereocenters. The highest BCUT2D eigenvalue weighted by atomic mass is 35.5. The minimum atomic E-state index is -0.886. The van der Waals surface area contributed by atoms with E-state index in [1.165, 1.54) is 0 Å². The van der Waals surface area contributed by atoms with Crippen LogP contribution in [0.25, 0.3) is 0 Å². The highest BCUT2D eigenvalue weighted by Gasteiger charge is 2.13. The normalized spacial score (nSPS) is 11.4. The molecule has 0 bridgehead atoms. The van der Waals surface area contributed by atoms with E-state index in [0.29, 0.717) is 29.4 Å². The van der Waals surface area contributed by atoms with Gasteiger partial charge in [0, 0.05) is 24.8 Å². The van der Waals surface area contributed by atoms with Gasteiger partial charge < -0.3 is 15.7 Å². The van der Waals surface area contributed by atoms with Crippen molar-refractivity contribution in [3.63, 3.8) is 0 Å². The lowest BCUT2D eigenvalue weighted by atomic mass is 10.1. The van der Waals surface area contributed by atoms with Crippen LogP contribution in [0.1, 0.15) is 12.0 Å². The number of anilines is 1. The summed E-state index contributed by atoms with van der Waals surface area (Å²) in [5.74, 6) is -0.886. The van der Waals surface area contributed by atoms with E-state index in [2.05, 4.69) is 17.2 Å². The fourth-order valence-electron chi connectivity index (χ4n) is 1.68. The summed E-state index contributed by atoms with van der Waals surface area (Å²) >= 11 is 5.94. The third-order valence-corrected chi connectivity index (χ3v) is 2.87. The van der Waals surface area contributed by atoms with Crippen LogP contribution in [0, 0.1) is 11.3 Å². The number of carbonyl (C=O) groups is 1. The largest absolute Gasteiger partial charge is 0.481 e. The van der Waals surface area contributed by atoms with Crippen LogP contribution < -0.4 is 10.6 Å². The zero-order valence-corrected chi connectivity index (χ0v) is 11.7. The van der Waals surface area contributed by atoms with E-state index in [1.807, 2.05) is 6.07 Å². The van der Waals surface area contributed by atoms with E-state index in [4.69, 9.17) is 22.0 Å². The van der Waals surface area contributed by atoms with Gasteiger partial charge >= 0.3 is 5.97 Å². The Morgan fingerprint density at radius 3 is 2.90 bits per heavy atom. The van der Waals surface area contributed by atoms with Crippen LogP contribution >= 0.6 is 11.6 Å². The Bertz CT molecular complexity index is 526. The summed E-state index contributed by atoms with van der Waals surface area (Å²) in [6.07, 6.45) is 1.68. The van der Waals surface area contributed by atoms with Gasteiger partial charge in [-0.3, -0.25) is 4.79 Å². The van der Waals surface area contributed by atoms with Gasteiger partial charge in [-0.1, -0.05) is 17.7 Å². The number of benzene rings is 1. The second kappa shape index (κ2) is 8.20. The minimum absolute atomic E-state index is 0.0260. The first-order valence-electron chi connectivity index (χ1n) is 6.06. The zero-order valence-electron chi connectivity index (χ0n) is 10.9. The summed E-state index contributed by atoms with van der Waals surface area (Å²) in [6, 6.07) is 6.60. The van der Waals surface area contributed by atoms with Crippen LogP contribution in [-0.2, 0) is 4.79 Å². The fraction of sp³-hybridized carbons (Fsp3) is 0.286. The third-order valence-electron chi connectivity index (χ3n) is 2.56. The quantitative estimate of drug-likeness (QED) is 0.505. The molecule has 0 aliphatic heterocycles. The monoisotopic (exact) mass is 293 g/mol.